The highest BCUT2D eigenvalue weighted by atomic mass is 32.2. The molecule has 1 atom stereocenters. The van der Waals surface area contributed by atoms with E-state index in [9.17, 15) is 23.7 Å². The predicted molar refractivity (Wildman–Crippen MR) is 75.5 cm³/mol. The number of amides is 1. The number of hydrogen-bond acceptors (Lipinski definition) is 4. The lowest BCUT2D eigenvalue weighted by Crippen LogP contribution is -2.42. The fraction of sp³-hybridized carbons (Fsp3) is 0.462. The molecule has 2 rings (SSSR count). The van der Waals surface area contributed by atoms with Gasteiger partial charge in [-0.05, 0) is 12.5 Å². The molecule has 0 aliphatic carbocycles. The molecule has 1 unspecified atom stereocenters. The van der Waals surface area contributed by atoms with Gasteiger partial charge in [0.2, 0.25) is 5.82 Å². The lowest BCUT2D eigenvalue weighted by molar-refractivity contribution is -0.387. The number of benzene rings is 1. The summed E-state index contributed by atoms with van der Waals surface area (Å²) in [6.07, 6.45) is 0.881. The van der Waals surface area contributed by atoms with E-state index < -0.39 is 33.7 Å². The van der Waals surface area contributed by atoms with E-state index in [2.05, 4.69) is 0 Å². The van der Waals surface area contributed by atoms with Gasteiger partial charge in [-0.15, -0.1) is 0 Å². The number of rotatable bonds is 3. The Labute approximate surface area is 124 Å². The molecular weight excluding hydrogens is 302 g/mol. The number of thioether (sulfide) groups is 1. The van der Waals surface area contributed by atoms with Crippen LogP contribution in [0.5, 0.6) is 0 Å². The van der Waals surface area contributed by atoms with Gasteiger partial charge >= 0.3 is 5.69 Å². The monoisotopic (exact) mass is 316 g/mol. The second kappa shape index (κ2) is 6.38. The maximum absolute atomic E-state index is 13.9. The molecule has 114 valence electrons. The van der Waals surface area contributed by atoms with Crippen molar-refractivity contribution in [1.29, 1.82) is 0 Å². The maximum atomic E-state index is 13.9. The summed E-state index contributed by atoms with van der Waals surface area (Å²) >= 11 is 1.74. The van der Waals surface area contributed by atoms with Crippen molar-refractivity contribution < 1.29 is 18.5 Å². The van der Waals surface area contributed by atoms with Gasteiger partial charge in [-0.25, -0.2) is 4.39 Å². The minimum atomic E-state index is -1.21. The van der Waals surface area contributed by atoms with E-state index in [1.807, 2.05) is 6.92 Å². The van der Waals surface area contributed by atoms with Crippen molar-refractivity contribution in [3.8, 4) is 0 Å². The van der Waals surface area contributed by atoms with E-state index >= 15 is 0 Å². The number of nitro benzene ring substituents is 1. The Bertz CT molecular complexity index is 583. The highest BCUT2D eigenvalue weighted by Gasteiger charge is 2.28. The molecule has 0 saturated carbocycles. The largest absolute Gasteiger partial charge is 0.337 e. The molecule has 1 aliphatic rings. The Morgan fingerprint density at radius 2 is 2.19 bits per heavy atom. The number of carbonyl (C=O) groups excluding carboxylic acids is 1. The number of carbonyl (C=O) groups is 1. The van der Waals surface area contributed by atoms with Crippen molar-refractivity contribution in [2.24, 2.45) is 0 Å². The summed E-state index contributed by atoms with van der Waals surface area (Å²) in [4.78, 5) is 23.2. The van der Waals surface area contributed by atoms with E-state index in [0.29, 0.717) is 25.2 Å². The van der Waals surface area contributed by atoms with Gasteiger partial charge in [-0.1, -0.05) is 6.92 Å². The molecule has 1 aliphatic heterocycles. The quantitative estimate of drug-likeness (QED) is 0.635. The van der Waals surface area contributed by atoms with Crippen molar-refractivity contribution in [3.05, 3.63) is 39.4 Å². The third-order valence-electron chi connectivity index (χ3n) is 3.34. The third kappa shape index (κ3) is 3.31. The lowest BCUT2D eigenvalue weighted by atomic mass is 10.1. The van der Waals surface area contributed by atoms with Gasteiger partial charge < -0.3 is 4.90 Å². The van der Waals surface area contributed by atoms with Crippen LogP contribution in [0.1, 0.15) is 23.7 Å². The van der Waals surface area contributed by atoms with Gasteiger partial charge in [0, 0.05) is 24.1 Å². The second-order valence-electron chi connectivity index (χ2n) is 4.69. The Morgan fingerprint density at radius 1 is 1.48 bits per heavy atom. The minimum Gasteiger partial charge on any atom is -0.337 e. The van der Waals surface area contributed by atoms with Gasteiger partial charge in [0.1, 0.15) is 5.82 Å². The number of halogens is 2. The normalized spacial score (nSPS) is 18.6. The molecule has 5 nitrogen and oxygen atoms in total. The fourth-order valence-electron chi connectivity index (χ4n) is 2.16. The number of nitro groups is 1. The minimum absolute atomic E-state index is 0.272. The molecule has 0 aromatic heterocycles. The van der Waals surface area contributed by atoms with E-state index in [-0.39, 0.29) is 5.25 Å². The van der Waals surface area contributed by atoms with Gasteiger partial charge in [0.05, 0.1) is 16.6 Å². The van der Waals surface area contributed by atoms with Crippen LogP contribution >= 0.6 is 11.8 Å². The molecular formula is C13H14F2N2O3S. The summed E-state index contributed by atoms with van der Waals surface area (Å²) in [6.45, 7) is 2.92. The maximum Gasteiger partial charge on any atom is 0.307 e. The topological polar surface area (TPSA) is 63.5 Å². The lowest BCUT2D eigenvalue weighted by Gasteiger charge is -2.32. The van der Waals surface area contributed by atoms with Gasteiger partial charge in [-0.2, -0.15) is 16.2 Å². The predicted octanol–water partition coefficient (Wildman–Crippen LogP) is 2.84. The van der Waals surface area contributed by atoms with E-state index in [1.54, 1.807) is 11.8 Å². The summed E-state index contributed by atoms with van der Waals surface area (Å²) in [5, 5.41) is 10.8. The summed E-state index contributed by atoms with van der Waals surface area (Å²) in [5.41, 5.74) is -1.43. The van der Waals surface area contributed by atoms with Crippen LogP contribution in [-0.4, -0.2) is 39.8 Å². The van der Waals surface area contributed by atoms with E-state index in [0.717, 1.165) is 12.2 Å². The first-order valence-corrected chi connectivity index (χ1v) is 7.53. The fourth-order valence-corrected chi connectivity index (χ4v) is 3.34. The molecule has 1 fully saturated rings. The summed E-state index contributed by atoms with van der Waals surface area (Å²) in [6, 6.07) is 1.07. The van der Waals surface area contributed by atoms with Crippen LogP contribution in [-0.2, 0) is 0 Å². The average Bonchev–Trinajstić information content (AvgIpc) is 2.48. The van der Waals surface area contributed by atoms with Crippen molar-refractivity contribution >= 4 is 23.4 Å². The van der Waals surface area contributed by atoms with Crippen molar-refractivity contribution in [3.63, 3.8) is 0 Å². The molecule has 0 N–H and O–H groups in total. The highest BCUT2D eigenvalue weighted by molar-refractivity contribution is 8.00. The Morgan fingerprint density at radius 3 is 2.81 bits per heavy atom. The average molecular weight is 316 g/mol. The molecule has 0 bridgehead atoms. The van der Waals surface area contributed by atoms with Gasteiger partial charge in [-0.3, -0.25) is 14.9 Å². The molecule has 1 saturated heterocycles. The first kappa shape index (κ1) is 15.7. The molecule has 0 radical (unpaired) electrons. The second-order valence-corrected chi connectivity index (χ2v) is 6.10. The van der Waals surface area contributed by atoms with E-state index in [4.69, 9.17) is 0 Å². The molecule has 1 amide bonds. The van der Waals surface area contributed by atoms with Crippen molar-refractivity contribution in [2.75, 3.05) is 18.8 Å². The standard InChI is InChI=1S/C13H14F2N2O3S/c1-2-8-7-16(3-4-21-8)13(18)9-5-11(15)12(17(19)20)6-10(9)14/h5-6,8H,2-4,7H2,1H3. The molecule has 21 heavy (non-hydrogen) atoms. The van der Waals surface area contributed by atoms with Crippen LogP contribution in [0.15, 0.2) is 12.1 Å². The van der Waals surface area contributed by atoms with Crippen LogP contribution in [0.4, 0.5) is 14.5 Å². The first-order chi connectivity index (χ1) is 9.93. The Hall–Kier alpha value is -1.70. The summed E-state index contributed by atoms with van der Waals surface area (Å²) in [5.74, 6) is -2.16. The number of nitrogens with zero attached hydrogens (tertiary/aromatic N) is 2. The van der Waals surface area contributed by atoms with Crippen LogP contribution in [0.3, 0.4) is 0 Å². The first-order valence-electron chi connectivity index (χ1n) is 6.48. The van der Waals surface area contributed by atoms with Gasteiger partial charge in [0.15, 0.2) is 0 Å². The number of hydrogen-bond donors (Lipinski definition) is 0. The van der Waals surface area contributed by atoms with Crippen LogP contribution in [0.25, 0.3) is 0 Å². The van der Waals surface area contributed by atoms with Crippen molar-refractivity contribution in [1.82, 2.24) is 4.90 Å². The Balaban J connectivity index is 2.27. The Kier molecular flexibility index (Phi) is 4.76. The molecule has 1 heterocycles. The van der Waals surface area contributed by atoms with Gasteiger partial charge in [0.25, 0.3) is 5.91 Å². The van der Waals surface area contributed by atoms with Crippen molar-refractivity contribution in [2.45, 2.75) is 18.6 Å². The molecule has 1 aromatic rings. The third-order valence-corrected chi connectivity index (χ3v) is 4.72. The molecule has 0 spiro atoms. The summed E-state index contributed by atoms with van der Waals surface area (Å²) in [7, 11) is 0. The smallest absolute Gasteiger partial charge is 0.307 e. The zero-order valence-corrected chi connectivity index (χ0v) is 12.2. The zero-order valence-electron chi connectivity index (χ0n) is 11.3. The van der Waals surface area contributed by atoms with Crippen LogP contribution in [0, 0.1) is 21.7 Å². The SMILES string of the molecule is CCC1CN(C(=O)c2cc(F)c([N+](=O)[O-])cc2F)CCS1. The zero-order chi connectivity index (χ0) is 15.6. The molecule has 8 heteroatoms. The molecule has 1 aromatic carbocycles. The summed E-state index contributed by atoms with van der Waals surface area (Å²) < 4.78 is 27.4. The highest BCUT2D eigenvalue weighted by Crippen LogP contribution is 2.25. The van der Waals surface area contributed by atoms with E-state index in [1.165, 1.54) is 4.90 Å². The van der Waals surface area contributed by atoms with Crippen LogP contribution < -0.4 is 0 Å². The van der Waals surface area contributed by atoms with Crippen LogP contribution in [0.2, 0.25) is 0 Å².